The predicted molar refractivity (Wildman–Crippen MR) is 237 cm³/mol. The monoisotopic (exact) mass is 1130 g/mol. The minimum atomic E-state index is -7.22. The van der Waals surface area contributed by atoms with Crippen LogP contribution in [0.4, 0.5) is 87.8 Å². The van der Waals surface area contributed by atoms with Gasteiger partial charge in [0.05, 0.1) is 13.3 Å². The van der Waals surface area contributed by atoms with Gasteiger partial charge in [-0.3, -0.25) is 4.79 Å². The maximum absolute atomic E-state index is 15.4. The van der Waals surface area contributed by atoms with Crippen molar-refractivity contribution in [1.82, 2.24) is 0 Å². The van der Waals surface area contributed by atoms with Gasteiger partial charge in [-0.15, -0.1) is 33.2 Å². The Kier molecular flexibility index (Phi) is 15.9. The first kappa shape index (κ1) is 55.5. The first-order valence-electron chi connectivity index (χ1n) is 20.2. The topological polar surface area (TPSA) is 17.1 Å². The molecule has 0 aliphatic heterocycles. The second-order valence-electron chi connectivity index (χ2n) is 15.6. The first-order chi connectivity index (χ1) is 34.7. The quantitative estimate of drug-likeness (QED) is 0.0339. The van der Waals surface area contributed by atoms with E-state index in [1.54, 1.807) is 30.0 Å². The Bertz CT molecular complexity index is 3120. The van der Waals surface area contributed by atoms with Crippen LogP contribution >= 0.6 is 34.4 Å². The van der Waals surface area contributed by atoms with Crippen LogP contribution in [0.1, 0.15) is 27.7 Å². The molecular formula is C48H21BF20OS4. The molecule has 6 aromatic carbocycles. The van der Waals surface area contributed by atoms with E-state index in [1.165, 1.54) is 29.3 Å². The van der Waals surface area contributed by atoms with Gasteiger partial charge < -0.3 is 0 Å². The van der Waals surface area contributed by atoms with E-state index in [2.05, 4.69) is 74.5 Å². The summed E-state index contributed by atoms with van der Waals surface area (Å²) in [5.41, 5.74) is -11.8. The number of carbonyl (C=O) groups excluding carboxylic acids is 1. The van der Waals surface area contributed by atoms with Crippen molar-refractivity contribution in [2.24, 2.45) is 0 Å². The van der Waals surface area contributed by atoms with Crippen molar-refractivity contribution in [3.05, 3.63) is 205 Å². The summed E-state index contributed by atoms with van der Waals surface area (Å²) in [6, 6.07) is 26.2. The van der Waals surface area contributed by atoms with E-state index in [0.29, 0.717) is 0 Å². The van der Waals surface area contributed by atoms with E-state index in [4.69, 9.17) is 0 Å². The normalized spacial score (nSPS) is 11.7. The molecule has 0 bridgehead atoms. The van der Waals surface area contributed by atoms with E-state index in [-0.39, 0.29) is 16.7 Å². The van der Waals surface area contributed by atoms with E-state index in [9.17, 15) is 57.5 Å². The Morgan fingerprint density at radius 2 is 0.622 bits per heavy atom. The van der Waals surface area contributed by atoms with Gasteiger partial charge in [-0.2, -0.15) is 0 Å². The molecule has 0 fully saturated rings. The first-order valence-corrected chi connectivity index (χ1v) is 23.9. The molecule has 0 spiro atoms. The smallest absolute Gasteiger partial charge is 0.221 e. The molecule has 0 aliphatic carbocycles. The zero-order chi connectivity index (χ0) is 54.7. The van der Waals surface area contributed by atoms with Crippen LogP contribution < -0.4 is 21.9 Å². The Labute approximate surface area is 418 Å². The van der Waals surface area contributed by atoms with Gasteiger partial charge in [0.25, 0.3) is 0 Å². The number of Topliss-reactive ketones (excluding diaryl/α,β-unsaturated/α-hetero) is 1. The molecule has 1 nitrogen and oxygen atoms in total. The molecule has 8 aromatic rings. The Morgan fingerprint density at radius 1 is 0.365 bits per heavy atom. The van der Waals surface area contributed by atoms with Crippen LogP contribution in [0.25, 0.3) is 0 Å². The van der Waals surface area contributed by atoms with Crippen molar-refractivity contribution in [2.45, 2.75) is 43.2 Å². The molecule has 0 aliphatic rings. The molecule has 8 rings (SSSR count). The molecule has 0 amide bonds. The van der Waals surface area contributed by atoms with Crippen molar-refractivity contribution in [2.75, 3.05) is 0 Å². The third kappa shape index (κ3) is 9.35. The van der Waals surface area contributed by atoms with Crippen molar-refractivity contribution in [3.8, 4) is 0 Å². The highest BCUT2D eigenvalue weighted by Gasteiger charge is 2.52. The highest BCUT2D eigenvalue weighted by atomic mass is 32.2. The molecule has 0 saturated heterocycles. The van der Waals surface area contributed by atoms with Crippen LogP contribution in [0.15, 0.2) is 95.2 Å². The second-order valence-corrected chi connectivity index (χ2v) is 21.6. The summed E-state index contributed by atoms with van der Waals surface area (Å²) in [5.74, 6) is -71.3. The average Bonchev–Trinajstić information content (AvgIpc) is 4.05. The molecule has 0 radical (unpaired) electrons. The SMILES string of the molecule is CC(=O)c1ccc(Sc2ccc([S+](c3ccc(C)cc3)c3ccc(C)cc3)s2)s1.Fc1c(F)c(F)c([B-](c2c(F)c(F)c(F)c(F)c2F)(c2c(F)c(F)c(F)c(F)c2F)c2c(F)c(F)c(F)c(F)c2F)c(F)c1F. The predicted octanol–water partition coefficient (Wildman–Crippen LogP) is 13.7. The largest absolute Gasteiger partial charge is 0.294 e. The van der Waals surface area contributed by atoms with Gasteiger partial charge in [-0.25, -0.2) is 87.8 Å². The molecule has 2 aromatic heterocycles. The fraction of sp³-hybridized carbons (Fsp3) is 0.0625. The summed E-state index contributed by atoms with van der Waals surface area (Å²) in [6.45, 7) is 5.88. The maximum atomic E-state index is 15.4. The number of ketones is 1. The summed E-state index contributed by atoms with van der Waals surface area (Å²) >= 11 is 5.17. The number of hydrogen-bond acceptors (Lipinski definition) is 4. The average molecular weight is 1130 g/mol. The maximum Gasteiger partial charge on any atom is 0.221 e. The van der Waals surface area contributed by atoms with E-state index in [0.717, 1.165) is 9.09 Å². The fourth-order valence-corrected chi connectivity index (χ4v) is 14.0. The van der Waals surface area contributed by atoms with Crippen LogP contribution in [-0.4, -0.2) is 11.9 Å². The van der Waals surface area contributed by atoms with Gasteiger partial charge in [0.15, 0.2) is 85.4 Å². The van der Waals surface area contributed by atoms with Crippen LogP contribution in [0.2, 0.25) is 0 Å². The summed E-state index contributed by atoms with van der Waals surface area (Å²) in [6.07, 6.45) is -7.22. The van der Waals surface area contributed by atoms with E-state index >= 15 is 35.1 Å². The zero-order valence-electron chi connectivity index (χ0n) is 36.6. The summed E-state index contributed by atoms with van der Waals surface area (Å²) in [5, 5.41) is 0. The van der Waals surface area contributed by atoms with Gasteiger partial charge in [0.1, 0.15) is 63.6 Å². The minimum Gasteiger partial charge on any atom is -0.294 e. The molecule has 26 heteroatoms. The van der Waals surface area contributed by atoms with Gasteiger partial charge >= 0.3 is 0 Å². The molecule has 0 N–H and O–H groups in total. The highest BCUT2D eigenvalue weighted by molar-refractivity contribution is 8.04. The van der Waals surface area contributed by atoms with Crippen LogP contribution in [0.3, 0.4) is 0 Å². The van der Waals surface area contributed by atoms with Gasteiger partial charge in [0.2, 0.25) is 4.21 Å². The zero-order valence-corrected chi connectivity index (χ0v) is 39.9. The number of rotatable bonds is 10. The van der Waals surface area contributed by atoms with E-state index < -0.39 is 144 Å². The van der Waals surface area contributed by atoms with Crippen LogP contribution in [0.5, 0.6) is 0 Å². The van der Waals surface area contributed by atoms with Crippen molar-refractivity contribution >= 4 is 79.1 Å². The Balaban J connectivity index is 0.000000237. The number of halogens is 20. The number of carbonyl (C=O) groups is 1. The summed E-state index contributed by atoms with van der Waals surface area (Å²) in [4.78, 5) is 15.1. The number of thiophene rings is 2. The minimum absolute atomic E-state index is 0.116. The number of benzene rings is 6. The second kappa shape index (κ2) is 21.2. The van der Waals surface area contributed by atoms with Crippen LogP contribution in [-0.2, 0) is 10.9 Å². The molecule has 74 heavy (non-hydrogen) atoms. The summed E-state index contributed by atoms with van der Waals surface area (Å²) in [7, 11) is -0.116. The molecular weight excluding hydrogens is 1110 g/mol. The third-order valence-corrected chi connectivity index (χ3v) is 17.2. The standard InChI is InChI=1S/C24BF20.C24H21OS4/c26-5-1(6(27)14(35)21(42)13(5)34)25(2-7(28)15(36)22(43)16(37)8(2)29,3-9(30)17(38)23(44)18(39)10(3)31)4-11(32)19(40)24(45)20(41)12(4)33;1-16-4-8-19(9-5-16)29(20-10-6-17(2)7-11-20)24-15-14-23(28-24)27-22-13-12-21(26-22)18(3)25/h;4-15H,1-3H3/q-1;+1. The van der Waals surface area contributed by atoms with Crippen LogP contribution in [0, 0.1) is 130 Å². The number of hydrogen-bond donors (Lipinski definition) is 0. The van der Waals surface area contributed by atoms with Crippen molar-refractivity contribution < 1.29 is 92.6 Å². The van der Waals surface area contributed by atoms with Gasteiger partial charge in [-0.05, 0) is 63.2 Å². The molecule has 2 heterocycles. The van der Waals surface area contributed by atoms with Gasteiger partial charge in [0, 0.05) is 6.07 Å². The van der Waals surface area contributed by atoms with Crippen molar-refractivity contribution in [3.63, 3.8) is 0 Å². The lowest BCUT2D eigenvalue weighted by Gasteiger charge is -2.44. The Morgan fingerprint density at radius 3 is 0.892 bits per heavy atom. The summed E-state index contributed by atoms with van der Waals surface area (Å²) < 4.78 is 298. The molecule has 0 saturated carbocycles. The highest BCUT2D eigenvalue weighted by Crippen LogP contribution is 2.42. The number of aryl methyl sites for hydroxylation is 2. The van der Waals surface area contributed by atoms with Crippen molar-refractivity contribution in [1.29, 1.82) is 0 Å². The Hall–Kier alpha value is -6.25. The molecule has 0 atom stereocenters. The van der Waals surface area contributed by atoms with Gasteiger partial charge in [-0.1, -0.05) is 58.5 Å². The molecule has 386 valence electrons. The lowest BCUT2D eigenvalue weighted by Crippen LogP contribution is -2.81. The van der Waals surface area contributed by atoms with E-state index in [1.807, 2.05) is 23.5 Å². The lowest BCUT2D eigenvalue weighted by molar-refractivity contribution is 0.102. The third-order valence-electron chi connectivity index (χ3n) is 11.1. The fourth-order valence-electron chi connectivity index (χ4n) is 7.72. The molecule has 0 unspecified atom stereocenters. The lowest BCUT2D eigenvalue weighted by atomic mass is 9.12.